The van der Waals surface area contributed by atoms with Gasteiger partial charge >= 0.3 is 12.1 Å². The standard InChI is InChI=1S/C28H34N2O5/c1-17(2)13-25(27(32)33)30-26(31)15-18-11-12-19(14-18)29-28(34)35-16-24-22-9-5-3-7-20(22)21-8-4-6-10-23(21)24/h3-10,17-19,24-25H,11-16H2,1-2H3,(H,29,34)(H,30,31)(H,32,33)/t18-,19+,25+/m0/s1. The van der Waals surface area contributed by atoms with Gasteiger partial charge in [-0.2, -0.15) is 0 Å². The molecular weight excluding hydrogens is 444 g/mol. The van der Waals surface area contributed by atoms with Crippen LogP contribution in [0.25, 0.3) is 11.1 Å². The molecule has 4 rings (SSSR count). The number of carbonyl (C=O) groups is 3. The summed E-state index contributed by atoms with van der Waals surface area (Å²) in [5, 5.41) is 14.9. The predicted octanol–water partition coefficient (Wildman–Crippen LogP) is 4.70. The van der Waals surface area contributed by atoms with Crippen molar-refractivity contribution in [1.29, 1.82) is 0 Å². The molecule has 2 amide bonds. The van der Waals surface area contributed by atoms with E-state index >= 15 is 0 Å². The van der Waals surface area contributed by atoms with Gasteiger partial charge in [-0.05, 0) is 59.8 Å². The fraction of sp³-hybridized carbons (Fsp3) is 0.464. The highest BCUT2D eigenvalue weighted by Gasteiger charge is 2.31. The summed E-state index contributed by atoms with van der Waals surface area (Å²) in [6.45, 7) is 4.13. The molecule has 0 radical (unpaired) electrons. The Labute approximate surface area is 206 Å². The zero-order valence-electron chi connectivity index (χ0n) is 20.3. The number of alkyl carbamates (subject to hydrolysis) is 1. The van der Waals surface area contributed by atoms with Gasteiger partial charge in [0.15, 0.2) is 0 Å². The first-order chi connectivity index (χ1) is 16.8. The van der Waals surface area contributed by atoms with Crippen LogP contribution in [0.2, 0.25) is 0 Å². The lowest BCUT2D eigenvalue weighted by Gasteiger charge is -2.18. The third-order valence-electron chi connectivity index (χ3n) is 7.02. The van der Waals surface area contributed by atoms with E-state index in [1.54, 1.807) is 0 Å². The molecule has 3 atom stereocenters. The molecule has 0 unspecified atom stereocenters. The Morgan fingerprint density at radius 1 is 1.00 bits per heavy atom. The molecule has 7 nitrogen and oxygen atoms in total. The summed E-state index contributed by atoms with van der Waals surface area (Å²) >= 11 is 0. The first-order valence-corrected chi connectivity index (χ1v) is 12.5. The Morgan fingerprint density at radius 3 is 2.23 bits per heavy atom. The number of amides is 2. The lowest BCUT2D eigenvalue weighted by Crippen LogP contribution is -2.42. The fourth-order valence-electron chi connectivity index (χ4n) is 5.41. The van der Waals surface area contributed by atoms with Crippen molar-refractivity contribution in [1.82, 2.24) is 10.6 Å². The van der Waals surface area contributed by atoms with Crippen molar-refractivity contribution >= 4 is 18.0 Å². The number of nitrogens with one attached hydrogen (secondary N) is 2. The lowest BCUT2D eigenvalue weighted by molar-refractivity contribution is -0.142. The summed E-state index contributed by atoms with van der Waals surface area (Å²) in [5.74, 6) is -0.949. The zero-order chi connectivity index (χ0) is 24.9. The van der Waals surface area contributed by atoms with Crippen molar-refractivity contribution in [3.8, 4) is 11.1 Å². The van der Waals surface area contributed by atoms with Gasteiger partial charge in [0.1, 0.15) is 12.6 Å². The van der Waals surface area contributed by atoms with E-state index in [1.165, 1.54) is 22.3 Å². The SMILES string of the molecule is CC(C)C[C@@H](NC(=O)C[C@H]1CC[C@@H](NC(=O)OCC2c3ccccc3-c3ccccc32)C1)C(=O)O. The van der Waals surface area contributed by atoms with E-state index in [-0.39, 0.29) is 42.7 Å². The molecule has 2 aromatic rings. The summed E-state index contributed by atoms with van der Waals surface area (Å²) in [5.41, 5.74) is 4.72. The predicted molar refractivity (Wildman–Crippen MR) is 133 cm³/mol. The van der Waals surface area contributed by atoms with Gasteiger partial charge in [0.2, 0.25) is 5.91 Å². The number of carboxylic acid groups (broad SMARTS) is 1. The highest BCUT2D eigenvalue weighted by molar-refractivity contribution is 5.83. The molecule has 0 spiro atoms. The normalized spacial score (nSPS) is 19.6. The van der Waals surface area contributed by atoms with Crippen LogP contribution in [-0.4, -0.2) is 41.8 Å². The smallest absolute Gasteiger partial charge is 0.407 e. The highest BCUT2D eigenvalue weighted by Crippen LogP contribution is 2.44. The van der Waals surface area contributed by atoms with E-state index in [2.05, 4.69) is 34.9 Å². The summed E-state index contributed by atoms with van der Waals surface area (Å²) in [6.07, 6.45) is 2.49. The molecule has 2 aromatic carbocycles. The van der Waals surface area contributed by atoms with Crippen LogP contribution in [0.4, 0.5) is 4.79 Å². The number of aliphatic carboxylic acids is 1. The van der Waals surface area contributed by atoms with E-state index in [0.29, 0.717) is 12.8 Å². The molecule has 2 aliphatic rings. The third kappa shape index (κ3) is 6.02. The Morgan fingerprint density at radius 2 is 1.63 bits per heavy atom. The van der Waals surface area contributed by atoms with Crippen LogP contribution in [0.1, 0.15) is 63.0 Å². The topological polar surface area (TPSA) is 105 Å². The average molecular weight is 479 g/mol. The van der Waals surface area contributed by atoms with Gasteiger partial charge in [0.05, 0.1) is 0 Å². The molecule has 0 heterocycles. The Hall–Kier alpha value is -3.35. The molecule has 1 saturated carbocycles. The molecule has 7 heteroatoms. The van der Waals surface area contributed by atoms with Crippen molar-refractivity contribution in [2.24, 2.45) is 11.8 Å². The number of hydrogen-bond donors (Lipinski definition) is 3. The summed E-state index contributed by atoms with van der Waals surface area (Å²) in [4.78, 5) is 36.3. The van der Waals surface area contributed by atoms with E-state index in [4.69, 9.17) is 4.74 Å². The van der Waals surface area contributed by atoms with Crippen molar-refractivity contribution in [2.75, 3.05) is 6.61 Å². The van der Waals surface area contributed by atoms with Crippen LogP contribution < -0.4 is 10.6 Å². The minimum absolute atomic E-state index is 0.0150. The van der Waals surface area contributed by atoms with Gasteiger partial charge in [-0.25, -0.2) is 9.59 Å². The average Bonchev–Trinajstić information content (AvgIpc) is 3.38. The maximum atomic E-state index is 12.6. The fourth-order valence-corrected chi connectivity index (χ4v) is 5.41. The first kappa shape index (κ1) is 24.8. The van der Waals surface area contributed by atoms with Crippen LogP contribution >= 0.6 is 0 Å². The van der Waals surface area contributed by atoms with Crippen molar-refractivity contribution in [3.05, 3.63) is 59.7 Å². The van der Waals surface area contributed by atoms with Gasteiger partial charge in [-0.15, -0.1) is 0 Å². The minimum Gasteiger partial charge on any atom is -0.480 e. The van der Waals surface area contributed by atoms with Crippen molar-refractivity contribution in [2.45, 2.75) is 64.0 Å². The number of carboxylic acids is 1. The molecule has 1 fully saturated rings. The number of rotatable bonds is 9. The summed E-state index contributed by atoms with van der Waals surface area (Å²) < 4.78 is 5.64. The third-order valence-corrected chi connectivity index (χ3v) is 7.02. The Kier molecular flexibility index (Phi) is 7.73. The molecule has 0 saturated heterocycles. The van der Waals surface area contributed by atoms with Crippen LogP contribution in [-0.2, 0) is 14.3 Å². The van der Waals surface area contributed by atoms with Crippen LogP contribution in [0.15, 0.2) is 48.5 Å². The maximum Gasteiger partial charge on any atom is 0.407 e. The first-order valence-electron chi connectivity index (χ1n) is 12.5. The second kappa shape index (κ2) is 10.9. The van der Waals surface area contributed by atoms with Gasteiger partial charge < -0.3 is 20.5 Å². The molecule has 0 aromatic heterocycles. The van der Waals surface area contributed by atoms with Gasteiger partial charge in [-0.1, -0.05) is 62.4 Å². The Bertz CT molecular complexity index is 1040. The van der Waals surface area contributed by atoms with Crippen LogP contribution in [0.5, 0.6) is 0 Å². The highest BCUT2D eigenvalue weighted by atomic mass is 16.5. The largest absolute Gasteiger partial charge is 0.480 e. The monoisotopic (exact) mass is 478 g/mol. The maximum absolute atomic E-state index is 12.6. The minimum atomic E-state index is -1.01. The van der Waals surface area contributed by atoms with Gasteiger partial charge in [-0.3, -0.25) is 4.79 Å². The molecular formula is C28H34N2O5. The second-order valence-electron chi connectivity index (χ2n) is 10.1. The lowest BCUT2D eigenvalue weighted by atomic mass is 9.98. The molecule has 35 heavy (non-hydrogen) atoms. The quantitative estimate of drug-likeness (QED) is 0.485. The molecule has 3 N–H and O–H groups in total. The van der Waals surface area contributed by atoms with Crippen molar-refractivity contribution in [3.63, 3.8) is 0 Å². The molecule has 0 aliphatic heterocycles. The summed E-state index contributed by atoms with van der Waals surface area (Å²) in [7, 11) is 0. The second-order valence-corrected chi connectivity index (χ2v) is 10.1. The van der Waals surface area contributed by atoms with E-state index < -0.39 is 18.1 Å². The van der Waals surface area contributed by atoms with Crippen LogP contribution in [0, 0.1) is 11.8 Å². The zero-order valence-corrected chi connectivity index (χ0v) is 20.3. The Balaban J connectivity index is 1.24. The molecule has 186 valence electrons. The van der Waals surface area contributed by atoms with Gasteiger partial charge in [0.25, 0.3) is 0 Å². The van der Waals surface area contributed by atoms with E-state index in [9.17, 15) is 19.5 Å². The number of fused-ring (bicyclic) bond motifs is 3. The molecule has 2 aliphatic carbocycles. The summed E-state index contributed by atoms with van der Waals surface area (Å²) in [6, 6.07) is 15.5. The van der Waals surface area contributed by atoms with Gasteiger partial charge in [0, 0.05) is 18.4 Å². The number of ether oxygens (including phenoxy) is 1. The van der Waals surface area contributed by atoms with E-state index in [0.717, 1.165) is 12.8 Å². The van der Waals surface area contributed by atoms with Crippen LogP contribution in [0.3, 0.4) is 0 Å². The number of benzene rings is 2. The number of hydrogen-bond acceptors (Lipinski definition) is 4. The van der Waals surface area contributed by atoms with Crippen molar-refractivity contribution < 1.29 is 24.2 Å². The molecule has 0 bridgehead atoms. The number of carbonyl (C=O) groups excluding carboxylic acids is 2. The van der Waals surface area contributed by atoms with E-state index in [1.807, 2.05) is 38.1 Å².